The molecule has 1 aromatic heterocycles. The monoisotopic (exact) mass is 339 g/mol. The molecule has 0 bridgehead atoms. The van der Waals surface area contributed by atoms with E-state index in [0.717, 1.165) is 28.0 Å². The normalized spacial score (nSPS) is 15.6. The van der Waals surface area contributed by atoms with E-state index in [1.54, 1.807) is 13.2 Å². The summed E-state index contributed by atoms with van der Waals surface area (Å²) in [6, 6.07) is 12.9. The van der Waals surface area contributed by atoms with Crippen LogP contribution in [0, 0.1) is 0 Å². The second kappa shape index (κ2) is 6.05. The van der Waals surface area contributed by atoms with Crippen molar-refractivity contribution in [3.63, 3.8) is 0 Å². The Morgan fingerprint density at radius 2 is 2.20 bits per heavy atom. The van der Waals surface area contributed by atoms with Crippen LogP contribution in [0.15, 0.2) is 42.5 Å². The summed E-state index contributed by atoms with van der Waals surface area (Å²) in [5, 5.41) is 9.89. The Morgan fingerprint density at radius 1 is 1.32 bits per heavy atom. The number of carboxylic acid groups (broad SMARTS) is 1. The third kappa shape index (κ3) is 2.76. The number of benzene rings is 2. The first-order valence-corrected chi connectivity index (χ1v) is 7.94. The summed E-state index contributed by atoms with van der Waals surface area (Å²) in [6.07, 6.45) is 0. The molecule has 0 saturated heterocycles. The Hall–Kier alpha value is -3.15. The first-order valence-electron chi connectivity index (χ1n) is 7.94. The van der Waals surface area contributed by atoms with E-state index in [1.165, 1.54) is 0 Å². The zero-order valence-electron chi connectivity index (χ0n) is 13.6. The maximum absolute atomic E-state index is 11.1. The Bertz CT molecular complexity index is 946. The maximum Gasteiger partial charge on any atom is 0.352 e. The van der Waals surface area contributed by atoms with Gasteiger partial charge in [0.05, 0.1) is 26.2 Å². The fraction of sp³-hybridized carbons (Fsp3) is 0.211. The molecular weight excluding hydrogens is 322 g/mol. The molecular formula is C19H17NO5. The fourth-order valence-corrected chi connectivity index (χ4v) is 3.08. The molecule has 2 aromatic carbocycles. The number of carboxylic acids is 1. The molecule has 25 heavy (non-hydrogen) atoms. The summed E-state index contributed by atoms with van der Waals surface area (Å²) in [7, 11) is 1.63. The molecule has 0 aliphatic carbocycles. The molecule has 0 radical (unpaired) electrons. The lowest BCUT2D eigenvalue weighted by Crippen LogP contribution is -2.11. The van der Waals surface area contributed by atoms with Gasteiger partial charge in [0.15, 0.2) is 0 Å². The number of aromatic carboxylic acids is 1. The molecule has 128 valence electrons. The minimum Gasteiger partial charge on any atom is -0.497 e. The van der Waals surface area contributed by atoms with Gasteiger partial charge in [-0.3, -0.25) is 0 Å². The smallest absolute Gasteiger partial charge is 0.352 e. The van der Waals surface area contributed by atoms with E-state index >= 15 is 0 Å². The lowest BCUT2D eigenvalue weighted by atomic mass is 10.0. The van der Waals surface area contributed by atoms with Crippen LogP contribution in [0.3, 0.4) is 0 Å². The Labute approximate surface area is 143 Å². The second-order valence-corrected chi connectivity index (χ2v) is 5.93. The second-order valence-electron chi connectivity index (χ2n) is 5.93. The van der Waals surface area contributed by atoms with Crippen LogP contribution in [0.1, 0.15) is 22.0 Å². The predicted molar refractivity (Wildman–Crippen MR) is 92.0 cm³/mol. The van der Waals surface area contributed by atoms with Crippen molar-refractivity contribution in [2.45, 2.75) is 5.92 Å². The molecule has 2 heterocycles. The molecule has 0 fully saturated rings. The van der Waals surface area contributed by atoms with Crippen LogP contribution < -0.4 is 14.2 Å². The predicted octanol–water partition coefficient (Wildman–Crippen LogP) is 3.43. The van der Waals surface area contributed by atoms with Gasteiger partial charge in [0.1, 0.15) is 22.9 Å². The van der Waals surface area contributed by atoms with Crippen LogP contribution in [0.5, 0.6) is 17.2 Å². The average Bonchev–Trinajstić information content (AvgIpc) is 3.23. The van der Waals surface area contributed by atoms with E-state index < -0.39 is 5.97 Å². The number of carbonyl (C=O) groups is 1. The summed E-state index contributed by atoms with van der Waals surface area (Å²) in [5.74, 6) is 1.37. The minimum atomic E-state index is -0.991. The summed E-state index contributed by atoms with van der Waals surface area (Å²) < 4.78 is 16.9. The highest BCUT2D eigenvalue weighted by molar-refractivity contribution is 5.96. The zero-order valence-corrected chi connectivity index (χ0v) is 13.6. The van der Waals surface area contributed by atoms with E-state index in [4.69, 9.17) is 19.3 Å². The van der Waals surface area contributed by atoms with Crippen molar-refractivity contribution in [2.24, 2.45) is 0 Å². The minimum absolute atomic E-state index is 0.119. The quantitative estimate of drug-likeness (QED) is 0.744. The zero-order chi connectivity index (χ0) is 17.4. The molecule has 4 rings (SSSR count). The molecule has 1 aliphatic rings. The van der Waals surface area contributed by atoms with Gasteiger partial charge >= 0.3 is 5.97 Å². The lowest BCUT2D eigenvalue weighted by molar-refractivity contribution is 0.0691. The van der Waals surface area contributed by atoms with E-state index in [2.05, 4.69) is 4.98 Å². The average molecular weight is 339 g/mol. The van der Waals surface area contributed by atoms with Crippen molar-refractivity contribution in [3.8, 4) is 17.2 Å². The molecule has 1 atom stereocenters. The SMILES string of the molecule is COc1ccc2c(c1)OC[C@H]2COc1cccc2[nH]c(C(=O)O)cc12. The lowest BCUT2D eigenvalue weighted by Gasteiger charge is -2.12. The van der Waals surface area contributed by atoms with Crippen molar-refractivity contribution >= 4 is 16.9 Å². The van der Waals surface area contributed by atoms with Gasteiger partial charge < -0.3 is 24.3 Å². The third-order valence-electron chi connectivity index (χ3n) is 4.40. The van der Waals surface area contributed by atoms with Gasteiger partial charge in [-0.15, -0.1) is 0 Å². The molecule has 3 aromatic rings. The van der Waals surface area contributed by atoms with Gasteiger partial charge in [-0.2, -0.15) is 0 Å². The van der Waals surface area contributed by atoms with Crippen LogP contribution in [0.2, 0.25) is 0 Å². The van der Waals surface area contributed by atoms with Gasteiger partial charge in [-0.05, 0) is 24.3 Å². The van der Waals surface area contributed by atoms with E-state index in [9.17, 15) is 4.79 Å². The molecule has 6 heteroatoms. The van der Waals surface area contributed by atoms with Crippen molar-refractivity contribution < 1.29 is 24.1 Å². The van der Waals surface area contributed by atoms with Gasteiger partial charge in [0, 0.05) is 22.5 Å². The number of nitrogens with one attached hydrogen (secondary N) is 1. The molecule has 6 nitrogen and oxygen atoms in total. The first-order chi connectivity index (χ1) is 12.2. The summed E-state index contributed by atoms with van der Waals surface area (Å²) in [4.78, 5) is 14.0. The standard InChI is InChI=1S/C19H17NO5/c1-23-12-5-6-13-11(10-25-18(13)7-12)9-24-17-4-2-3-15-14(17)8-16(20-15)19(21)22/h2-8,11,20H,9-10H2,1H3,(H,21,22)/t11-/m1/s1. The topological polar surface area (TPSA) is 80.8 Å². The first kappa shape index (κ1) is 15.4. The maximum atomic E-state index is 11.1. The van der Waals surface area contributed by atoms with E-state index in [1.807, 2.05) is 36.4 Å². The van der Waals surface area contributed by atoms with E-state index in [-0.39, 0.29) is 11.6 Å². The molecule has 0 amide bonds. The van der Waals surface area contributed by atoms with Crippen LogP contribution in [0.4, 0.5) is 0 Å². The Kier molecular flexibility index (Phi) is 3.72. The summed E-state index contributed by atoms with van der Waals surface area (Å²) >= 11 is 0. The van der Waals surface area contributed by atoms with Crippen molar-refractivity contribution in [3.05, 3.63) is 53.7 Å². The van der Waals surface area contributed by atoms with Crippen molar-refractivity contribution in [1.82, 2.24) is 4.98 Å². The molecule has 1 aliphatic heterocycles. The molecule has 2 N–H and O–H groups in total. The number of aromatic amines is 1. The molecule has 0 saturated carbocycles. The summed E-state index contributed by atoms with van der Waals surface area (Å²) in [6.45, 7) is 0.998. The number of ether oxygens (including phenoxy) is 3. The van der Waals surface area contributed by atoms with Crippen molar-refractivity contribution in [2.75, 3.05) is 20.3 Å². The largest absolute Gasteiger partial charge is 0.497 e. The van der Waals surface area contributed by atoms with Gasteiger partial charge in [0.2, 0.25) is 0 Å². The van der Waals surface area contributed by atoms with Crippen LogP contribution in [-0.4, -0.2) is 36.4 Å². The van der Waals surface area contributed by atoms with Crippen LogP contribution in [-0.2, 0) is 0 Å². The number of aromatic nitrogens is 1. The van der Waals surface area contributed by atoms with Crippen LogP contribution in [0.25, 0.3) is 10.9 Å². The number of H-pyrrole nitrogens is 1. The number of hydrogen-bond donors (Lipinski definition) is 2. The molecule has 0 unspecified atom stereocenters. The number of fused-ring (bicyclic) bond motifs is 2. The van der Waals surface area contributed by atoms with Gasteiger partial charge in [-0.1, -0.05) is 12.1 Å². The van der Waals surface area contributed by atoms with Crippen molar-refractivity contribution in [1.29, 1.82) is 0 Å². The van der Waals surface area contributed by atoms with Gasteiger partial charge in [-0.25, -0.2) is 4.79 Å². The van der Waals surface area contributed by atoms with Crippen LogP contribution >= 0.6 is 0 Å². The number of rotatable bonds is 5. The highest BCUT2D eigenvalue weighted by Crippen LogP contribution is 2.37. The molecule has 0 spiro atoms. The highest BCUT2D eigenvalue weighted by Gasteiger charge is 2.25. The Balaban J connectivity index is 1.55. The fourth-order valence-electron chi connectivity index (χ4n) is 3.08. The number of hydrogen-bond acceptors (Lipinski definition) is 4. The van der Waals surface area contributed by atoms with Gasteiger partial charge in [0.25, 0.3) is 0 Å². The third-order valence-corrected chi connectivity index (χ3v) is 4.40. The summed E-state index contributed by atoms with van der Waals surface area (Å²) in [5.41, 5.74) is 1.98. The highest BCUT2D eigenvalue weighted by atomic mass is 16.5. The number of methoxy groups -OCH3 is 1. The van der Waals surface area contributed by atoms with E-state index in [0.29, 0.717) is 19.0 Å². The Morgan fingerprint density at radius 3 is 3.00 bits per heavy atom.